The minimum atomic E-state index is -0.291. The molecule has 1 aliphatic heterocycles. The molecule has 4 rings (SSSR count). The Morgan fingerprint density at radius 1 is 1.00 bits per heavy atom. The van der Waals surface area contributed by atoms with Crippen LogP contribution in [0.2, 0.25) is 0 Å². The van der Waals surface area contributed by atoms with Gasteiger partial charge >= 0.3 is 0 Å². The molecule has 0 saturated heterocycles. The molecule has 2 heterocycles. The number of ether oxygens (including phenoxy) is 2. The molecular formula is C19H16N2O4. The van der Waals surface area contributed by atoms with Gasteiger partial charge in [-0.1, -0.05) is 41.6 Å². The molecule has 25 heavy (non-hydrogen) atoms. The Morgan fingerprint density at radius 3 is 2.64 bits per heavy atom. The van der Waals surface area contributed by atoms with Crippen molar-refractivity contribution in [2.24, 2.45) is 0 Å². The third-order valence-corrected chi connectivity index (χ3v) is 3.86. The number of carbonyl (C=O) groups is 1. The summed E-state index contributed by atoms with van der Waals surface area (Å²) in [5.74, 6) is 1.70. The van der Waals surface area contributed by atoms with Gasteiger partial charge < -0.3 is 19.3 Å². The molecule has 1 amide bonds. The molecule has 0 unspecified atom stereocenters. The second-order valence-corrected chi connectivity index (χ2v) is 5.60. The van der Waals surface area contributed by atoms with Gasteiger partial charge in [0.25, 0.3) is 5.91 Å². The van der Waals surface area contributed by atoms with Crippen molar-refractivity contribution in [2.45, 2.75) is 6.54 Å². The SMILES string of the molecule is O=C(NCc1ccc2c(c1)OCCO2)c1cc(-c2ccccc2)on1. The zero-order valence-electron chi connectivity index (χ0n) is 13.4. The zero-order chi connectivity index (χ0) is 17.1. The van der Waals surface area contributed by atoms with Gasteiger partial charge in [-0.05, 0) is 17.7 Å². The summed E-state index contributed by atoms with van der Waals surface area (Å²) in [7, 11) is 0. The van der Waals surface area contributed by atoms with Crippen molar-refractivity contribution in [3.8, 4) is 22.8 Å². The third kappa shape index (κ3) is 3.33. The quantitative estimate of drug-likeness (QED) is 0.793. The fourth-order valence-corrected chi connectivity index (χ4v) is 2.59. The summed E-state index contributed by atoms with van der Waals surface area (Å²) in [6, 6.07) is 16.8. The second kappa shape index (κ2) is 6.68. The van der Waals surface area contributed by atoms with Crippen molar-refractivity contribution in [2.75, 3.05) is 13.2 Å². The molecule has 2 aromatic carbocycles. The Morgan fingerprint density at radius 2 is 1.80 bits per heavy atom. The zero-order valence-corrected chi connectivity index (χ0v) is 13.4. The van der Waals surface area contributed by atoms with Gasteiger partial charge in [-0.15, -0.1) is 0 Å². The third-order valence-electron chi connectivity index (χ3n) is 3.86. The van der Waals surface area contributed by atoms with Gasteiger partial charge in [0.15, 0.2) is 23.0 Å². The van der Waals surface area contributed by atoms with Crippen LogP contribution in [0.5, 0.6) is 11.5 Å². The maximum Gasteiger partial charge on any atom is 0.273 e. The summed E-state index contributed by atoms with van der Waals surface area (Å²) in [5.41, 5.74) is 2.04. The monoisotopic (exact) mass is 336 g/mol. The van der Waals surface area contributed by atoms with Crippen LogP contribution in [0, 0.1) is 0 Å². The van der Waals surface area contributed by atoms with Crippen LogP contribution >= 0.6 is 0 Å². The van der Waals surface area contributed by atoms with Crippen molar-refractivity contribution in [3.63, 3.8) is 0 Å². The average molecular weight is 336 g/mol. The van der Waals surface area contributed by atoms with Gasteiger partial charge in [-0.25, -0.2) is 0 Å². The fraction of sp³-hybridized carbons (Fsp3) is 0.158. The highest BCUT2D eigenvalue weighted by Gasteiger charge is 2.15. The maximum absolute atomic E-state index is 12.3. The van der Waals surface area contributed by atoms with E-state index in [1.807, 2.05) is 48.5 Å². The topological polar surface area (TPSA) is 73.6 Å². The number of nitrogens with one attached hydrogen (secondary N) is 1. The first kappa shape index (κ1) is 15.3. The van der Waals surface area contributed by atoms with Gasteiger partial charge in [0.05, 0.1) is 0 Å². The first-order chi connectivity index (χ1) is 12.3. The molecule has 1 aliphatic rings. The molecule has 0 radical (unpaired) electrons. The van der Waals surface area contributed by atoms with Gasteiger partial charge in [0.2, 0.25) is 0 Å². The first-order valence-corrected chi connectivity index (χ1v) is 7.98. The molecule has 0 fully saturated rings. The van der Waals surface area contributed by atoms with Crippen molar-refractivity contribution >= 4 is 5.91 Å². The second-order valence-electron chi connectivity index (χ2n) is 5.60. The highest BCUT2D eigenvalue weighted by molar-refractivity contribution is 5.93. The molecule has 1 N–H and O–H groups in total. The van der Waals surface area contributed by atoms with E-state index < -0.39 is 0 Å². The van der Waals surface area contributed by atoms with E-state index in [1.54, 1.807) is 6.07 Å². The average Bonchev–Trinajstić information content (AvgIpc) is 3.17. The molecule has 6 nitrogen and oxygen atoms in total. The van der Waals surface area contributed by atoms with E-state index in [0.29, 0.717) is 31.3 Å². The van der Waals surface area contributed by atoms with E-state index in [2.05, 4.69) is 10.5 Å². The van der Waals surface area contributed by atoms with E-state index in [9.17, 15) is 4.79 Å². The Labute approximate surface area is 144 Å². The number of aromatic nitrogens is 1. The molecule has 3 aromatic rings. The lowest BCUT2D eigenvalue weighted by Crippen LogP contribution is -2.23. The van der Waals surface area contributed by atoms with Gasteiger partial charge in [0, 0.05) is 18.2 Å². The minimum Gasteiger partial charge on any atom is -0.486 e. The number of nitrogens with zero attached hydrogens (tertiary/aromatic N) is 1. The lowest BCUT2D eigenvalue weighted by Gasteiger charge is -2.18. The summed E-state index contributed by atoms with van der Waals surface area (Å²) < 4.78 is 16.3. The van der Waals surface area contributed by atoms with Crippen LogP contribution in [-0.2, 0) is 6.54 Å². The Hall–Kier alpha value is -3.28. The lowest BCUT2D eigenvalue weighted by atomic mass is 10.1. The van der Waals surface area contributed by atoms with Crippen molar-refractivity contribution in [1.29, 1.82) is 0 Å². The summed E-state index contributed by atoms with van der Waals surface area (Å²) in [4.78, 5) is 12.3. The highest BCUT2D eigenvalue weighted by atomic mass is 16.6. The largest absolute Gasteiger partial charge is 0.486 e. The summed E-state index contributed by atoms with van der Waals surface area (Å²) in [6.45, 7) is 1.45. The number of fused-ring (bicyclic) bond motifs is 1. The summed E-state index contributed by atoms with van der Waals surface area (Å²) in [5, 5.41) is 6.67. The molecule has 0 aliphatic carbocycles. The number of amides is 1. The smallest absolute Gasteiger partial charge is 0.273 e. The molecule has 6 heteroatoms. The van der Waals surface area contributed by atoms with Gasteiger partial charge in [-0.2, -0.15) is 0 Å². The van der Waals surface area contributed by atoms with Crippen LogP contribution in [0.3, 0.4) is 0 Å². The summed E-state index contributed by atoms with van der Waals surface area (Å²) >= 11 is 0. The van der Waals surface area contributed by atoms with Crippen molar-refractivity contribution in [1.82, 2.24) is 10.5 Å². The van der Waals surface area contributed by atoms with Gasteiger partial charge in [0.1, 0.15) is 13.2 Å². The molecule has 0 atom stereocenters. The molecule has 1 aromatic heterocycles. The predicted octanol–water partition coefficient (Wildman–Crippen LogP) is 3.04. The Bertz CT molecular complexity index is 889. The van der Waals surface area contributed by atoms with Crippen LogP contribution in [-0.4, -0.2) is 24.3 Å². The number of hydrogen-bond acceptors (Lipinski definition) is 5. The molecule has 0 spiro atoms. The van der Waals surface area contributed by atoms with E-state index in [4.69, 9.17) is 14.0 Å². The van der Waals surface area contributed by atoms with E-state index >= 15 is 0 Å². The van der Waals surface area contributed by atoms with Crippen LogP contribution in [0.1, 0.15) is 16.1 Å². The number of benzene rings is 2. The normalized spacial score (nSPS) is 12.6. The van der Waals surface area contributed by atoms with Crippen LogP contribution in [0.15, 0.2) is 59.1 Å². The first-order valence-electron chi connectivity index (χ1n) is 7.98. The number of hydrogen-bond donors (Lipinski definition) is 1. The fourth-order valence-electron chi connectivity index (χ4n) is 2.59. The number of rotatable bonds is 4. The Balaban J connectivity index is 1.42. The predicted molar refractivity (Wildman–Crippen MR) is 90.5 cm³/mol. The van der Waals surface area contributed by atoms with E-state index in [1.165, 1.54) is 0 Å². The Kier molecular flexibility index (Phi) is 4.08. The molecule has 126 valence electrons. The van der Waals surface area contributed by atoms with E-state index in [0.717, 1.165) is 16.9 Å². The van der Waals surface area contributed by atoms with Crippen molar-refractivity contribution in [3.05, 3.63) is 65.9 Å². The minimum absolute atomic E-state index is 0.247. The van der Waals surface area contributed by atoms with Crippen molar-refractivity contribution < 1.29 is 18.8 Å². The number of carbonyl (C=O) groups excluding carboxylic acids is 1. The summed E-state index contributed by atoms with van der Waals surface area (Å²) in [6.07, 6.45) is 0. The highest BCUT2D eigenvalue weighted by Crippen LogP contribution is 2.30. The maximum atomic E-state index is 12.3. The standard InChI is InChI=1S/C19H16N2O4/c22-19(15-11-17(25-21-15)14-4-2-1-3-5-14)20-12-13-6-7-16-18(10-13)24-9-8-23-16/h1-7,10-11H,8-9,12H2,(H,20,22). The van der Waals surface area contributed by atoms with E-state index in [-0.39, 0.29) is 11.6 Å². The van der Waals surface area contributed by atoms with Crippen LogP contribution in [0.25, 0.3) is 11.3 Å². The molecule has 0 bridgehead atoms. The lowest BCUT2D eigenvalue weighted by molar-refractivity contribution is 0.0942. The van der Waals surface area contributed by atoms with Crippen LogP contribution in [0.4, 0.5) is 0 Å². The molecule has 0 saturated carbocycles. The van der Waals surface area contributed by atoms with Crippen LogP contribution < -0.4 is 14.8 Å². The van der Waals surface area contributed by atoms with Gasteiger partial charge in [-0.3, -0.25) is 4.79 Å². The molecular weight excluding hydrogens is 320 g/mol.